The van der Waals surface area contributed by atoms with Crippen LogP contribution in [0.2, 0.25) is 0 Å². The molecule has 3 amide bonds. The molecular formula is C30H24N4O2. The molecule has 1 unspecified atom stereocenters. The molecule has 36 heavy (non-hydrogen) atoms. The molecule has 0 aromatic heterocycles. The number of urea groups is 1. The van der Waals surface area contributed by atoms with Crippen molar-refractivity contribution < 1.29 is 9.59 Å². The Morgan fingerprint density at radius 3 is 1.94 bits per heavy atom. The summed E-state index contributed by atoms with van der Waals surface area (Å²) < 4.78 is 0. The van der Waals surface area contributed by atoms with E-state index in [0.717, 1.165) is 39.1 Å². The van der Waals surface area contributed by atoms with Crippen LogP contribution < -0.4 is 15.5 Å². The van der Waals surface area contributed by atoms with Gasteiger partial charge in [-0.25, -0.2) is 9.79 Å². The lowest BCUT2D eigenvalue weighted by molar-refractivity contribution is -0.119. The number of aliphatic imine (C=N–C) groups is 1. The molecule has 6 rings (SSSR count). The van der Waals surface area contributed by atoms with E-state index in [4.69, 9.17) is 4.99 Å². The van der Waals surface area contributed by atoms with Crippen molar-refractivity contribution in [2.75, 3.05) is 11.9 Å². The minimum atomic E-state index is -1.08. The normalized spacial score (nSPS) is 16.4. The van der Waals surface area contributed by atoms with Crippen LogP contribution in [-0.4, -0.2) is 30.9 Å². The number of nitrogens with one attached hydrogen (secondary N) is 2. The van der Waals surface area contributed by atoms with Gasteiger partial charge in [0, 0.05) is 18.2 Å². The molecule has 0 radical (unpaired) electrons. The standard InChI is InChI=1S/C30H24N4O2/c1-34-25-18-10-9-17-24(25)26(19-11-3-2-4-12-19)31-28(29(34)35)33-30(36)32-27-22-15-7-5-13-20(22)21-14-6-8-16-23(21)27/h2-18,27-28H,1H3,(H2,32,33,36). The summed E-state index contributed by atoms with van der Waals surface area (Å²) in [5, 5.41) is 5.91. The van der Waals surface area contributed by atoms with E-state index in [1.165, 1.54) is 0 Å². The molecule has 4 aromatic rings. The van der Waals surface area contributed by atoms with Gasteiger partial charge in [0.15, 0.2) is 0 Å². The fourth-order valence-corrected chi connectivity index (χ4v) is 5.05. The van der Waals surface area contributed by atoms with Crippen LogP contribution >= 0.6 is 0 Å². The van der Waals surface area contributed by atoms with Crippen molar-refractivity contribution in [3.05, 3.63) is 125 Å². The van der Waals surface area contributed by atoms with Gasteiger partial charge in [0.05, 0.1) is 17.4 Å². The maximum atomic E-state index is 13.4. The molecule has 0 fully saturated rings. The summed E-state index contributed by atoms with van der Waals surface area (Å²) in [6.07, 6.45) is -1.08. The van der Waals surface area contributed by atoms with Crippen molar-refractivity contribution in [1.29, 1.82) is 0 Å². The smallest absolute Gasteiger partial charge is 0.317 e. The Kier molecular flexibility index (Phi) is 5.34. The molecule has 0 bridgehead atoms. The zero-order chi connectivity index (χ0) is 24.6. The van der Waals surface area contributed by atoms with Gasteiger partial charge in [-0.3, -0.25) is 4.79 Å². The number of fused-ring (bicyclic) bond motifs is 4. The quantitative estimate of drug-likeness (QED) is 0.445. The first kappa shape index (κ1) is 21.8. The fraction of sp³-hybridized carbons (Fsp3) is 0.100. The van der Waals surface area contributed by atoms with E-state index < -0.39 is 12.2 Å². The zero-order valence-corrected chi connectivity index (χ0v) is 19.7. The van der Waals surface area contributed by atoms with E-state index >= 15 is 0 Å². The summed E-state index contributed by atoms with van der Waals surface area (Å²) in [5.74, 6) is -0.309. The van der Waals surface area contributed by atoms with Gasteiger partial charge in [-0.1, -0.05) is 97.1 Å². The summed E-state index contributed by atoms with van der Waals surface area (Å²) in [4.78, 5) is 33.1. The van der Waals surface area contributed by atoms with Crippen LogP contribution in [0.1, 0.15) is 28.3 Å². The zero-order valence-electron chi connectivity index (χ0n) is 19.7. The highest BCUT2D eigenvalue weighted by atomic mass is 16.2. The molecule has 0 saturated carbocycles. The van der Waals surface area contributed by atoms with Crippen molar-refractivity contribution in [2.24, 2.45) is 4.99 Å². The third-order valence-corrected chi connectivity index (χ3v) is 6.77. The first-order chi connectivity index (χ1) is 17.6. The Morgan fingerprint density at radius 1 is 0.722 bits per heavy atom. The van der Waals surface area contributed by atoms with Crippen LogP contribution in [0.15, 0.2) is 108 Å². The number of carbonyl (C=O) groups is 2. The van der Waals surface area contributed by atoms with Crippen molar-refractivity contribution in [3.63, 3.8) is 0 Å². The number of hydrogen-bond donors (Lipinski definition) is 2. The van der Waals surface area contributed by atoms with Gasteiger partial charge in [-0.05, 0) is 28.3 Å². The number of nitrogens with zero attached hydrogens (tertiary/aromatic N) is 2. The van der Waals surface area contributed by atoms with E-state index in [9.17, 15) is 9.59 Å². The van der Waals surface area contributed by atoms with Crippen LogP contribution in [0, 0.1) is 0 Å². The average molecular weight is 473 g/mol. The van der Waals surface area contributed by atoms with Crippen LogP contribution in [0.4, 0.5) is 10.5 Å². The average Bonchev–Trinajstić information content (AvgIpc) is 3.19. The van der Waals surface area contributed by atoms with E-state index in [0.29, 0.717) is 5.71 Å². The van der Waals surface area contributed by atoms with E-state index in [1.807, 2.05) is 91.0 Å². The lowest BCUT2D eigenvalue weighted by Gasteiger charge is -2.22. The summed E-state index contributed by atoms with van der Waals surface area (Å²) in [5.41, 5.74) is 7.37. The Hall–Kier alpha value is -4.71. The molecule has 1 heterocycles. The minimum Gasteiger partial charge on any atom is -0.327 e. The molecule has 6 nitrogen and oxygen atoms in total. The van der Waals surface area contributed by atoms with Crippen LogP contribution in [0.3, 0.4) is 0 Å². The number of rotatable bonds is 3. The summed E-state index contributed by atoms with van der Waals surface area (Å²) in [7, 11) is 1.71. The van der Waals surface area contributed by atoms with Gasteiger partial charge in [-0.2, -0.15) is 0 Å². The molecule has 1 atom stereocenters. The number of benzodiazepines with no additional fused rings is 1. The number of anilines is 1. The SMILES string of the molecule is CN1C(=O)C(NC(=O)NC2c3ccccc3-c3ccccc32)N=C(c2ccccc2)c2ccccc21. The predicted octanol–water partition coefficient (Wildman–Crippen LogP) is 4.90. The Labute approximate surface area is 209 Å². The third kappa shape index (κ3) is 3.64. The van der Waals surface area contributed by atoms with Crippen molar-refractivity contribution in [3.8, 4) is 11.1 Å². The largest absolute Gasteiger partial charge is 0.327 e. The Bertz CT molecular complexity index is 1470. The number of likely N-dealkylation sites (N-methyl/N-ethyl adjacent to an activating group) is 1. The molecule has 176 valence electrons. The molecule has 4 aromatic carbocycles. The molecule has 6 heteroatoms. The number of benzene rings is 4. The lowest BCUT2D eigenvalue weighted by Crippen LogP contribution is -2.50. The second kappa shape index (κ2) is 8.82. The highest BCUT2D eigenvalue weighted by Crippen LogP contribution is 2.43. The second-order valence-corrected chi connectivity index (χ2v) is 8.89. The highest BCUT2D eigenvalue weighted by Gasteiger charge is 2.33. The van der Waals surface area contributed by atoms with Gasteiger partial charge < -0.3 is 15.5 Å². The van der Waals surface area contributed by atoms with Crippen molar-refractivity contribution >= 4 is 23.3 Å². The molecule has 1 aliphatic carbocycles. The maximum Gasteiger partial charge on any atom is 0.317 e. The van der Waals surface area contributed by atoms with E-state index in [1.54, 1.807) is 11.9 Å². The van der Waals surface area contributed by atoms with Gasteiger partial charge in [-0.15, -0.1) is 0 Å². The van der Waals surface area contributed by atoms with Crippen LogP contribution in [-0.2, 0) is 4.79 Å². The van der Waals surface area contributed by atoms with Crippen molar-refractivity contribution in [2.45, 2.75) is 12.2 Å². The van der Waals surface area contributed by atoms with Gasteiger partial charge >= 0.3 is 6.03 Å². The summed E-state index contributed by atoms with van der Waals surface area (Å²) in [6.45, 7) is 0. The fourth-order valence-electron chi connectivity index (χ4n) is 5.05. The first-order valence-electron chi connectivity index (χ1n) is 11.9. The molecule has 0 saturated heterocycles. The maximum absolute atomic E-state index is 13.4. The third-order valence-electron chi connectivity index (χ3n) is 6.77. The molecule has 2 N–H and O–H groups in total. The molecule has 2 aliphatic rings. The summed E-state index contributed by atoms with van der Waals surface area (Å²) in [6, 6.07) is 32.7. The van der Waals surface area contributed by atoms with E-state index in [2.05, 4.69) is 22.8 Å². The summed E-state index contributed by atoms with van der Waals surface area (Å²) >= 11 is 0. The predicted molar refractivity (Wildman–Crippen MR) is 141 cm³/mol. The second-order valence-electron chi connectivity index (χ2n) is 8.89. The number of carbonyl (C=O) groups excluding carboxylic acids is 2. The Balaban J connectivity index is 1.33. The number of hydrogen-bond acceptors (Lipinski definition) is 3. The number of para-hydroxylation sites is 1. The van der Waals surface area contributed by atoms with Crippen LogP contribution in [0.25, 0.3) is 11.1 Å². The topological polar surface area (TPSA) is 73.8 Å². The van der Waals surface area contributed by atoms with Crippen molar-refractivity contribution in [1.82, 2.24) is 10.6 Å². The molecule has 1 aliphatic heterocycles. The highest BCUT2D eigenvalue weighted by molar-refractivity contribution is 6.20. The van der Waals surface area contributed by atoms with Gasteiger partial charge in [0.1, 0.15) is 0 Å². The minimum absolute atomic E-state index is 0.309. The van der Waals surface area contributed by atoms with E-state index in [-0.39, 0.29) is 11.9 Å². The first-order valence-corrected chi connectivity index (χ1v) is 11.9. The monoisotopic (exact) mass is 472 g/mol. The molecular weight excluding hydrogens is 448 g/mol. The number of amides is 3. The Morgan fingerprint density at radius 2 is 1.28 bits per heavy atom. The van der Waals surface area contributed by atoms with Gasteiger partial charge in [0.2, 0.25) is 6.17 Å². The van der Waals surface area contributed by atoms with Crippen LogP contribution in [0.5, 0.6) is 0 Å². The van der Waals surface area contributed by atoms with Gasteiger partial charge in [0.25, 0.3) is 5.91 Å². The molecule has 0 spiro atoms. The lowest BCUT2D eigenvalue weighted by atomic mass is 10.0.